The molecular formula is C27H20N2O. The fourth-order valence-electron chi connectivity index (χ4n) is 4.79. The van der Waals surface area contributed by atoms with Crippen molar-refractivity contribution in [2.24, 2.45) is 0 Å². The largest absolute Gasteiger partial charge is 0.497 e. The van der Waals surface area contributed by atoms with Crippen LogP contribution in [0.3, 0.4) is 0 Å². The number of nitrogens with zero attached hydrogens (tertiary/aromatic N) is 2. The van der Waals surface area contributed by atoms with Crippen molar-refractivity contribution >= 4 is 10.9 Å². The number of fused-ring (bicyclic) bond motifs is 5. The second-order valence-corrected chi connectivity index (χ2v) is 7.62. The molecule has 0 bridgehead atoms. The maximum absolute atomic E-state index is 5.39. The first kappa shape index (κ1) is 17.0. The molecule has 0 amide bonds. The monoisotopic (exact) mass is 388 g/mol. The molecule has 3 heterocycles. The van der Waals surface area contributed by atoms with Crippen molar-refractivity contribution in [3.05, 3.63) is 108 Å². The first-order chi connectivity index (χ1) is 14.9. The van der Waals surface area contributed by atoms with E-state index in [0.717, 1.165) is 11.3 Å². The summed E-state index contributed by atoms with van der Waals surface area (Å²) in [6.07, 6.45) is 3.88. The summed E-state index contributed by atoms with van der Waals surface area (Å²) < 4.78 is 7.84. The molecular weight excluding hydrogens is 368 g/mol. The lowest BCUT2D eigenvalue weighted by molar-refractivity contribution is 0.414. The van der Waals surface area contributed by atoms with Crippen molar-refractivity contribution in [1.82, 2.24) is 9.55 Å². The zero-order valence-corrected chi connectivity index (χ0v) is 16.6. The minimum absolute atomic E-state index is 0.103. The number of methoxy groups -OCH3 is 1. The SMILES string of the molecule is COc1ccc(C2c3ccccc3-c3c(-c4ccccc4)c4ccncc4n32)cc1. The summed E-state index contributed by atoms with van der Waals surface area (Å²) in [5, 5.41) is 1.24. The van der Waals surface area contributed by atoms with Gasteiger partial charge in [-0.1, -0.05) is 66.7 Å². The number of ether oxygens (including phenoxy) is 1. The summed E-state index contributed by atoms with van der Waals surface area (Å²) in [6, 6.07) is 30.1. The van der Waals surface area contributed by atoms with Gasteiger partial charge in [-0.2, -0.15) is 0 Å². The molecule has 6 rings (SSSR count). The Morgan fingerprint density at radius 1 is 0.833 bits per heavy atom. The van der Waals surface area contributed by atoms with Gasteiger partial charge >= 0.3 is 0 Å². The molecule has 1 atom stereocenters. The van der Waals surface area contributed by atoms with E-state index in [1.807, 2.05) is 24.5 Å². The predicted octanol–water partition coefficient (Wildman–Crippen LogP) is 6.33. The highest BCUT2D eigenvalue weighted by atomic mass is 16.5. The van der Waals surface area contributed by atoms with Gasteiger partial charge in [0.2, 0.25) is 0 Å². The molecule has 1 unspecified atom stereocenters. The van der Waals surface area contributed by atoms with E-state index in [9.17, 15) is 0 Å². The van der Waals surface area contributed by atoms with Crippen molar-refractivity contribution in [2.45, 2.75) is 6.04 Å². The number of pyridine rings is 1. The van der Waals surface area contributed by atoms with Gasteiger partial charge in [-0.25, -0.2) is 0 Å². The third-order valence-electron chi connectivity index (χ3n) is 6.07. The van der Waals surface area contributed by atoms with Crippen LogP contribution in [-0.4, -0.2) is 16.7 Å². The fraction of sp³-hybridized carbons (Fsp3) is 0.0741. The lowest BCUT2D eigenvalue weighted by Crippen LogP contribution is -2.07. The van der Waals surface area contributed by atoms with Crippen molar-refractivity contribution in [3.63, 3.8) is 0 Å². The highest BCUT2D eigenvalue weighted by Gasteiger charge is 2.34. The van der Waals surface area contributed by atoms with Crippen LogP contribution in [0.1, 0.15) is 17.2 Å². The third kappa shape index (κ3) is 2.35. The molecule has 0 fully saturated rings. The molecule has 0 spiro atoms. The van der Waals surface area contributed by atoms with Crippen molar-refractivity contribution in [3.8, 4) is 28.1 Å². The third-order valence-corrected chi connectivity index (χ3v) is 6.07. The molecule has 3 aromatic carbocycles. The van der Waals surface area contributed by atoms with Gasteiger partial charge in [-0.05, 0) is 34.9 Å². The lowest BCUT2D eigenvalue weighted by atomic mass is 9.93. The second-order valence-electron chi connectivity index (χ2n) is 7.62. The Balaban J connectivity index is 1.71. The standard InChI is InChI=1S/C27H20N2O/c1-30-20-13-11-19(12-14-20)26-21-9-5-6-10-22(21)27-25(18-7-3-2-4-8-18)23-15-16-28-17-24(23)29(26)27/h2-17,26H,1H3. The number of hydrogen-bond acceptors (Lipinski definition) is 2. The van der Waals surface area contributed by atoms with E-state index in [2.05, 4.69) is 82.3 Å². The highest BCUT2D eigenvalue weighted by molar-refractivity contribution is 6.06. The Kier molecular flexibility index (Phi) is 3.75. The molecule has 2 aromatic heterocycles. The Bertz CT molecular complexity index is 1370. The van der Waals surface area contributed by atoms with E-state index >= 15 is 0 Å². The van der Waals surface area contributed by atoms with Crippen LogP contribution in [0.2, 0.25) is 0 Å². The molecule has 5 aromatic rings. The quantitative estimate of drug-likeness (QED) is 0.354. The fourth-order valence-corrected chi connectivity index (χ4v) is 4.79. The van der Waals surface area contributed by atoms with Gasteiger partial charge in [0.1, 0.15) is 5.75 Å². The molecule has 3 heteroatoms. The predicted molar refractivity (Wildman–Crippen MR) is 121 cm³/mol. The van der Waals surface area contributed by atoms with Gasteiger partial charge in [0.05, 0.1) is 30.6 Å². The summed E-state index contributed by atoms with van der Waals surface area (Å²) in [7, 11) is 1.70. The number of benzene rings is 3. The first-order valence-corrected chi connectivity index (χ1v) is 10.1. The van der Waals surface area contributed by atoms with E-state index in [0.29, 0.717) is 0 Å². The van der Waals surface area contributed by atoms with Gasteiger partial charge in [-0.3, -0.25) is 4.98 Å². The Morgan fingerprint density at radius 3 is 2.40 bits per heavy atom. The van der Waals surface area contributed by atoms with Gasteiger partial charge in [0.25, 0.3) is 0 Å². The van der Waals surface area contributed by atoms with Gasteiger partial charge < -0.3 is 9.30 Å². The van der Waals surface area contributed by atoms with Crippen molar-refractivity contribution < 1.29 is 4.74 Å². The highest BCUT2D eigenvalue weighted by Crippen LogP contribution is 2.51. The van der Waals surface area contributed by atoms with Crippen LogP contribution in [0, 0.1) is 0 Å². The second kappa shape index (κ2) is 6.60. The molecule has 0 aliphatic carbocycles. The summed E-state index contributed by atoms with van der Waals surface area (Å²) in [6.45, 7) is 0. The van der Waals surface area contributed by atoms with Crippen molar-refractivity contribution in [2.75, 3.05) is 7.11 Å². The number of aromatic nitrogens is 2. The normalized spacial score (nSPS) is 14.5. The first-order valence-electron chi connectivity index (χ1n) is 10.1. The average Bonchev–Trinajstić information content (AvgIpc) is 3.33. The Labute approximate surface area is 175 Å². The van der Waals surface area contributed by atoms with Crippen molar-refractivity contribution in [1.29, 1.82) is 0 Å². The lowest BCUT2D eigenvalue weighted by Gasteiger charge is -2.17. The average molecular weight is 388 g/mol. The van der Waals surface area contributed by atoms with E-state index in [1.165, 1.54) is 38.9 Å². The van der Waals surface area contributed by atoms with Crippen LogP contribution in [0.25, 0.3) is 33.3 Å². The molecule has 1 aliphatic heterocycles. The minimum Gasteiger partial charge on any atom is -0.497 e. The summed E-state index contributed by atoms with van der Waals surface area (Å²) >= 11 is 0. The van der Waals surface area contributed by atoms with Crippen LogP contribution < -0.4 is 4.74 Å². The molecule has 0 saturated heterocycles. The molecule has 30 heavy (non-hydrogen) atoms. The topological polar surface area (TPSA) is 27.1 Å². The van der Waals surface area contributed by atoms with E-state index in [-0.39, 0.29) is 6.04 Å². The van der Waals surface area contributed by atoms with Crippen LogP contribution in [0.15, 0.2) is 97.3 Å². The molecule has 144 valence electrons. The van der Waals surface area contributed by atoms with Crippen LogP contribution in [0.5, 0.6) is 5.75 Å². The Morgan fingerprint density at radius 2 is 1.60 bits per heavy atom. The number of hydrogen-bond donors (Lipinski definition) is 0. The van der Waals surface area contributed by atoms with Gasteiger partial charge in [0, 0.05) is 22.7 Å². The zero-order chi connectivity index (χ0) is 20.1. The summed E-state index contributed by atoms with van der Waals surface area (Å²) in [4.78, 5) is 4.47. The van der Waals surface area contributed by atoms with Crippen LogP contribution in [-0.2, 0) is 0 Å². The minimum atomic E-state index is 0.103. The molecule has 0 N–H and O–H groups in total. The summed E-state index contributed by atoms with van der Waals surface area (Å²) in [5.74, 6) is 0.870. The summed E-state index contributed by atoms with van der Waals surface area (Å²) in [5.41, 5.74) is 8.77. The van der Waals surface area contributed by atoms with E-state index in [1.54, 1.807) is 7.11 Å². The number of rotatable bonds is 3. The maximum atomic E-state index is 5.39. The van der Waals surface area contributed by atoms with E-state index < -0.39 is 0 Å². The van der Waals surface area contributed by atoms with Crippen LogP contribution >= 0.6 is 0 Å². The zero-order valence-electron chi connectivity index (χ0n) is 16.6. The smallest absolute Gasteiger partial charge is 0.118 e. The van der Waals surface area contributed by atoms with E-state index in [4.69, 9.17) is 4.74 Å². The molecule has 0 radical (unpaired) electrons. The maximum Gasteiger partial charge on any atom is 0.118 e. The van der Waals surface area contributed by atoms with Crippen LogP contribution in [0.4, 0.5) is 0 Å². The molecule has 3 nitrogen and oxygen atoms in total. The molecule has 1 aliphatic rings. The van der Waals surface area contributed by atoms with Gasteiger partial charge in [-0.15, -0.1) is 0 Å². The Hall–Kier alpha value is -3.85. The van der Waals surface area contributed by atoms with Gasteiger partial charge in [0.15, 0.2) is 0 Å². The molecule has 0 saturated carbocycles.